The molecule has 0 radical (unpaired) electrons. The van der Waals surface area contributed by atoms with E-state index in [0.717, 1.165) is 4.88 Å². The van der Waals surface area contributed by atoms with Crippen molar-refractivity contribution in [2.45, 2.75) is 18.4 Å². The van der Waals surface area contributed by atoms with Crippen LogP contribution < -0.4 is 9.46 Å². The normalized spacial score (nSPS) is 11.6. The summed E-state index contributed by atoms with van der Waals surface area (Å²) in [7, 11) is -2.16. The van der Waals surface area contributed by atoms with Gasteiger partial charge in [-0.05, 0) is 42.1 Å². The standard InChI is InChI=1S/C15H15N3O4S2/c1-10-8-11(21-2)5-6-13(10)24(19,20)16-9-14-17-15(18-22-14)12-4-3-7-23-12/h3-8,16H,9H2,1-2H3. The van der Waals surface area contributed by atoms with E-state index in [4.69, 9.17) is 9.26 Å². The molecule has 1 N–H and O–H groups in total. The maximum atomic E-state index is 12.4. The Morgan fingerprint density at radius 1 is 1.33 bits per heavy atom. The Morgan fingerprint density at radius 3 is 2.83 bits per heavy atom. The van der Waals surface area contributed by atoms with Crippen LogP contribution >= 0.6 is 11.3 Å². The molecule has 0 amide bonds. The highest BCUT2D eigenvalue weighted by molar-refractivity contribution is 7.89. The second-order valence-electron chi connectivity index (χ2n) is 4.95. The molecule has 24 heavy (non-hydrogen) atoms. The van der Waals surface area contributed by atoms with Gasteiger partial charge in [0.25, 0.3) is 0 Å². The minimum atomic E-state index is -3.69. The van der Waals surface area contributed by atoms with E-state index >= 15 is 0 Å². The third-order valence-corrected chi connectivity index (χ3v) is 5.72. The second kappa shape index (κ2) is 6.71. The quantitative estimate of drug-likeness (QED) is 0.721. The Labute approximate surface area is 143 Å². The van der Waals surface area contributed by atoms with Gasteiger partial charge in [-0.1, -0.05) is 11.2 Å². The second-order valence-corrected chi connectivity index (χ2v) is 7.63. The summed E-state index contributed by atoms with van der Waals surface area (Å²) in [4.78, 5) is 5.23. The molecular formula is C15H15N3O4S2. The third-order valence-electron chi connectivity index (χ3n) is 3.29. The number of hydrogen-bond acceptors (Lipinski definition) is 7. The van der Waals surface area contributed by atoms with Gasteiger partial charge in [-0.2, -0.15) is 4.98 Å². The van der Waals surface area contributed by atoms with Crippen molar-refractivity contribution < 1.29 is 17.7 Å². The first-order valence-corrected chi connectivity index (χ1v) is 9.36. The third kappa shape index (κ3) is 3.48. The van der Waals surface area contributed by atoms with Crippen molar-refractivity contribution in [1.29, 1.82) is 0 Å². The average Bonchev–Trinajstić information content (AvgIpc) is 3.23. The molecule has 0 unspecified atom stereocenters. The molecule has 7 nitrogen and oxygen atoms in total. The number of nitrogens with zero attached hydrogens (tertiary/aromatic N) is 2. The molecule has 126 valence electrons. The molecule has 0 atom stereocenters. The summed E-state index contributed by atoms with van der Waals surface area (Å²) in [5, 5.41) is 5.75. The van der Waals surface area contributed by atoms with E-state index in [1.54, 1.807) is 19.1 Å². The molecule has 0 fully saturated rings. The lowest BCUT2D eigenvalue weighted by atomic mass is 10.2. The van der Waals surface area contributed by atoms with E-state index in [9.17, 15) is 8.42 Å². The zero-order valence-corrected chi connectivity index (χ0v) is 14.6. The Morgan fingerprint density at radius 2 is 2.17 bits per heavy atom. The number of hydrogen-bond donors (Lipinski definition) is 1. The molecule has 0 bridgehead atoms. The number of benzene rings is 1. The summed E-state index contributed by atoms with van der Waals surface area (Å²) in [5.74, 6) is 1.25. The van der Waals surface area contributed by atoms with Crippen molar-refractivity contribution in [3.05, 3.63) is 47.2 Å². The zero-order valence-electron chi connectivity index (χ0n) is 13.0. The minimum absolute atomic E-state index is 0.0772. The Kier molecular flexibility index (Phi) is 4.65. The van der Waals surface area contributed by atoms with Crippen LogP contribution in [0.2, 0.25) is 0 Å². The van der Waals surface area contributed by atoms with Gasteiger partial charge in [-0.25, -0.2) is 13.1 Å². The molecule has 1 aromatic carbocycles. The van der Waals surface area contributed by atoms with Crippen molar-refractivity contribution in [3.63, 3.8) is 0 Å². The molecule has 2 aromatic heterocycles. The highest BCUT2D eigenvalue weighted by atomic mass is 32.2. The molecule has 0 aliphatic carbocycles. The lowest BCUT2D eigenvalue weighted by molar-refractivity contribution is 0.376. The Hall–Kier alpha value is -2.23. The molecular weight excluding hydrogens is 350 g/mol. The molecule has 3 rings (SSSR count). The fourth-order valence-electron chi connectivity index (χ4n) is 2.12. The van der Waals surface area contributed by atoms with Gasteiger partial charge in [0, 0.05) is 0 Å². The van der Waals surface area contributed by atoms with Crippen LogP contribution in [0.4, 0.5) is 0 Å². The number of aromatic nitrogens is 2. The van der Waals surface area contributed by atoms with Gasteiger partial charge in [-0.3, -0.25) is 0 Å². The number of rotatable bonds is 6. The van der Waals surface area contributed by atoms with Gasteiger partial charge in [0.1, 0.15) is 5.75 Å². The van der Waals surface area contributed by atoms with Gasteiger partial charge < -0.3 is 9.26 Å². The van der Waals surface area contributed by atoms with E-state index in [-0.39, 0.29) is 17.3 Å². The summed E-state index contributed by atoms with van der Waals surface area (Å²) < 4.78 is 37.5. The summed E-state index contributed by atoms with van der Waals surface area (Å²) in [6.45, 7) is 1.63. The maximum absolute atomic E-state index is 12.4. The van der Waals surface area contributed by atoms with E-state index < -0.39 is 10.0 Å². The van der Waals surface area contributed by atoms with Gasteiger partial charge in [0.2, 0.25) is 21.7 Å². The van der Waals surface area contributed by atoms with Crippen molar-refractivity contribution in [1.82, 2.24) is 14.9 Å². The van der Waals surface area contributed by atoms with Gasteiger partial charge in [0.15, 0.2) is 0 Å². The van der Waals surface area contributed by atoms with Crippen LogP contribution in [0.15, 0.2) is 45.1 Å². The van der Waals surface area contributed by atoms with Crippen LogP contribution in [0.1, 0.15) is 11.5 Å². The molecule has 2 heterocycles. The number of sulfonamides is 1. The van der Waals surface area contributed by atoms with Crippen molar-refractivity contribution in [2.75, 3.05) is 7.11 Å². The Bertz CT molecular complexity index is 934. The van der Waals surface area contributed by atoms with Crippen LogP contribution in [-0.4, -0.2) is 25.7 Å². The van der Waals surface area contributed by atoms with E-state index in [2.05, 4.69) is 14.9 Å². The van der Waals surface area contributed by atoms with E-state index in [1.807, 2.05) is 17.5 Å². The summed E-state index contributed by atoms with van der Waals surface area (Å²) in [6.07, 6.45) is 0. The first-order valence-electron chi connectivity index (χ1n) is 7.00. The van der Waals surface area contributed by atoms with Gasteiger partial charge in [0.05, 0.1) is 23.4 Å². The molecule has 3 aromatic rings. The monoisotopic (exact) mass is 365 g/mol. The zero-order chi connectivity index (χ0) is 17.2. The Balaban J connectivity index is 1.74. The molecule has 0 saturated heterocycles. The smallest absolute Gasteiger partial charge is 0.242 e. The number of methoxy groups -OCH3 is 1. The summed E-state index contributed by atoms with van der Waals surface area (Å²) in [6, 6.07) is 8.51. The fourth-order valence-corrected chi connectivity index (χ4v) is 3.97. The number of aryl methyl sites for hydroxylation is 1. The van der Waals surface area contributed by atoms with Crippen molar-refractivity contribution in [2.24, 2.45) is 0 Å². The molecule has 9 heteroatoms. The van der Waals surface area contributed by atoms with Gasteiger partial charge >= 0.3 is 0 Å². The predicted octanol–water partition coefficient (Wildman–Crippen LogP) is 2.59. The van der Waals surface area contributed by atoms with Crippen LogP contribution in [0.25, 0.3) is 10.7 Å². The highest BCUT2D eigenvalue weighted by Gasteiger charge is 2.19. The van der Waals surface area contributed by atoms with Crippen molar-refractivity contribution in [3.8, 4) is 16.5 Å². The fraction of sp³-hybridized carbons (Fsp3) is 0.200. The first kappa shape index (κ1) is 16.6. The van der Waals surface area contributed by atoms with E-state index in [1.165, 1.54) is 24.5 Å². The SMILES string of the molecule is COc1ccc(S(=O)(=O)NCc2nc(-c3cccs3)no2)c(C)c1. The first-order chi connectivity index (χ1) is 11.5. The molecule has 0 spiro atoms. The van der Waals surface area contributed by atoms with E-state index in [0.29, 0.717) is 17.1 Å². The van der Waals surface area contributed by atoms with Crippen LogP contribution in [0.5, 0.6) is 5.75 Å². The lowest BCUT2D eigenvalue weighted by Crippen LogP contribution is -2.24. The number of nitrogens with one attached hydrogen (secondary N) is 1. The molecule has 0 saturated carbocycles. The van der Waals surface area contributed by atoms with Crippen LogP contribution in [-0.2, 0) is 16.6 Å². The molecule has 0 aliphatic heterocycles. The summed E-state index contributed by atoms with van der Waals surface area (Å²) in [5.41, 5.74) is 0.589. The summed E-state index contributed by atoms with van der Waals surface area (Å²) >= 11 is 1.48. The minimum Gasteiger partial charge on any atom is -0.497 e. The predicted molar refractivity (Wildman–Crippen MR) is 89.4 cm³/mol. The van der Waals surface area contributed by atoms with Crippen LogP contribution in [0, 0.1) is 6.92 Å². The number of ether oxygens (including phenoxy) is 1. The highest BCUT2D eigenvalue weighted by Crippen LogP contribution is 2.22. The van der Waals surface area contributed by atoms with Gasteiger partial charge in [-0.15, -0.1) is 11.3 Å². The largest absolute Gasteiger partial charge is 0.497 e. The average molecular weight is 365 g/mol. The molecule has 0 aliphatic rings. The van der Waals surface area contributed by atoms with Crippen molar-refractivity contribution >= 4 is 21.4 Å². The van der Waals surface area contributed by atoms with Crippen LogP contribution in [0.3, 0.4) is 0 Å². The lowest BCUT2D eigenvalue weighted by Gasteiger charge is -2.09. The topological polar surface area (TPSA) is 94.3 Å². The number of thiophene rings is 1. The maximum Gasteiger partial charge on any atom is 0.242 e.